The summed E-state index contributed by atoms with van der Waals surface area (Å²) in [6, 6.07) is 0. The summed E-state index contributed by atoms with van der Waals surface area (Å²) in [5.41, 5.74) is 5.34. The Morgan fingerprint density at radius 3 is 1.76 bits per heavy atom. The van der Waals surface area contributed by atoms with Crippen molar-refractivity contribution in [2.75, 3.05) is 26.4 Å². The van der Waals surface area contributed by atoms with E-state index in [1.165, 1.54) is 77.0 Å². The number of carbonyl (C=O) groups is 2. The van der Waals surface area contributed by atoms with Crippen LogP contribution in [0.4, 0.5) is 0 Å². The lowest BCUT2D eigenvalue weighted by molar-refractivity contribution is -0.161. The molecule has 0 bridgehead atoms. The van der Waals surface area contributed by atoms with Crippen molar-refractivity contribution in [3.05, 3.63) is 48.6 Å². The summed E-state index contributed by atoms with van der Waals surface area (Å²) in [5.74, 6) is -0.903. The first-order valence-electron chi connectivity index (χ1n) is 21.2. The van der Waals surface area contributed by atoms with Gasteiger partial charge < -0.3 is 24.8 Å². The maximum absolute atomic E-state index is 12.6. The molecular weight excluding hydrogens is 705 g/mol. The van der Waals surface area contributed by atoms with Gasteiger partial charge in [0.2, 0.25) is 0 Å². The zero-order valence-corrected chi connectivity index (χ0v) is 34.8. The summed E-state index contributed by atoms with van der Waals surface area (Å²) >= 11 is 0. The molecule has 0 aromatic heterocycles. The van der Waals surface area contributed by atoms with Gasteiger partial charge >= 0.3 is 19.8 Å². The van der Waals surface area contributed by atoms with E-state index in [1.807, 2.05) is 6.08 Å². The Morgan fingerprint density at radius 2 is 1.19 bits per heavy atom. The maximum Gasteiger partial charge on any atom is 0.472 e. The molecule has 1 rings (SSSR count). The van der Waals surface area contributed by atoms with Crippen LogP contribution in [-0.4, -0.2) is 61.5 Å². The van der Waals surface area contributed by atoms with Crippen LogP contribution in [0.25, 0.3) is 0 Å². The van der Waals surface area contributed by atoms with E-state index in [9.17, 15) is 19.0 Å². The van der Waals surface area contributed by atoms with E-state index in [0.29, 0.717) is 12.8 Å². The van der Waals surface area contributed by atoms with Crippen molar-refractivity contribution in [3.63, 3.8) is 0 Å². The van der Waals surface area contributed by atoms with Crippen LogP contribution in [0.1, 0.15) is 168 Å². The smallest absolute Gasteiger partial charge is 0.462 e. The minimum absolute atomic E-state index is 0.0408. The van der Waals surface area contributed by atoms with Crippen molar-refractivity contribution < 1.29 is 42.3 Å². The maximum atomic E-state index is 12.6. The first kappa shape index (κ1) is 49.9. The van der Waals surface area contributed by atoms with Crippen LogP contribution < -0.4 is 5.73 Å². The number of esters is 2. The molecule has 0 amide bonds. The lowest BCUT2D eigenvalue weighted by Crippen LogP contribution is -2.29. The standard InChI is InChI=1S/C43H76NO9P/c1-3-5-7-9-11-13-14-15-16-17-18-20-22-24-29-33-42(45)49-37-39(38-51-54(47,48)50-36-35-44)52-43(46)34-30-26-25-28-32-41-40(53-41)31-27-23-21-19-12-10-8-6-4-2/h6,8,12,19,23,25,27-28,39-41H,3-5,7,9-11,13-18,20-22,24,26,29-38,44H2,1-2H3,(H,47,48)/b8-6-,19-12-,27-23-,28-25-. The van der Waals surface area contributed by atoms with Gasteiger partial charge in [-0.1, -0.05) is 152 Å². The molecule has 0 aromatic rings. The Hall–Kier alpha value is -2.07. The Morgan fingerprint density at radius 1 is 0.667 bits per heavy atom. The average Bonchev–Trinajstić information content (AvgIpc) is 3.91. The van der Waals surface area contributed by atoms with E-state index in [-0.39, 0.29) is 44.8 Å². The molecule has 4 unspecified atom stereocenters. The number of rotatable bonds is 38. The number of allylic oxidation sites excluding steroid dienone is 6. The van der Waals surface area contributed by atoms with Crippen LogP contribution in [0.15, 0.2) is 48.6 Å². The molecule has 1 saturated heterocycles. The molecule has 0 saturated carbocycles. The number of nitrogens with two attached hydrogens (primary N) is 1. The fourth-order valence-corrected chi connectivity index (χ4v) is 6.65. The third-order valence-electron chi connectivity index (χ3n) is 9.13. The van der Waals surface area contributed by atoms with Gasteiger partial charge in [-0.05, 0) is 51.4 Å². The molecule has 3 N–H and O–H groups in total. The summed E-state index contributed by atoms with van der Waals surface area (Å²) < 4.78 is 38.5. The van der Waals surface area contributed by atoms with Crippen LogP contribution in [0.2, 0.25) is 0 Å². The van der Waals surface area contributed by atoms with Crippen molar-refractivity contribution in [2.45, 2.75) is 186 Å². The number of ether oxygens (including phenoxy) is 3. The third kappa shape index (κ3) is 32.2. The first-order valence-corrected chi connectivity index (χ1v) is 22.7. The van der Waals surface area contributed by atoms with Gasteiger partial charge in [-0.2, -0.15) is 0 Å². The molecule has 0 aromatic carbocycles. The topological polar surface area (TPSA) is 147 Å². The second-order valence-corrected chi connectivity index (χ2v) is 15.7. The molecule has 0 radical (unpaired) electrons. The number of phosphoric ester groups is 1. The number of phosphoric acid groups is 1. The fourth-order valence-electron chi connectivity index (χ4n) is 5.89. The van der Waals surface area contributed by atoms with Crippen molar-refractivity contribution >= 4 is 19.8 Å². The molecule has 4 atom stereocenters. The van der Waals surface area contributed by atoms with Crippen molar-refractivity contribution in [2.24, 2.45) is 5.73 Å². The minimum Gasteiger partial charge on any atom is -0.462 e. The quantitative estimate of drug-likeness (QED) is 0.0204. The number of epoxide rings is 1. The molecule has 1 heterocycles. The first-order chi connectivity index (χ1) is 26.3. The lowest BCUT2D eigenvalue weighted by Gasteiger charge is -2.19. The van der Waals surface area contributed by atoms with E-state index >= 15 is 0 Å². The molecule has 1 fully saturated rings. The molecule has 1 aliphatic rings. The van der Waals surface area contributed by atoms with Crippen LogP contribution in [0.3, 0.4) is 0 Å². The van der Waals surface area contributed by atoms with E-state index in [0.717, 1.165) is 51.4 Å². The summed E-state index contributed by atoms with van der Waals surface area (Å²) in [4.78, 5) is 34.9. The summed E-state index contributed by atoms with van der Waals surface area (Å²) in [6.45, 7) is 3.53. The Labute approximate surface area is 328 Å². The molecule has 0 spiro atoms. The van der Waals surface area contributed by atoms with Crippen LogP contribution in [0, 0.1) is 0 Å². The van der Waals surface area contributed by atoms with E-state index in [1.54, 1.807) is 0 Å². The molecule has 54 heavy (non-hydrogen) atoms. The highest BCUT2D eigenvalue weighted by atomic mass is 31.2. The number of hydrogen-bond acceptors (Lipinski definition) is 9. The van der Waals surface area contributed by atoms with Crippen LogP contribution in [-0.2, 0) is 37.4 Å². The lowest BCUT2D eigenvalue weighted by atomic mass is 10.0. The van der Waals surface area contributed by atoms with E-state index in [4.69, 9.17) is 29.0 Å². The minimum atomic E-state index is -4.40. The van der Waals surface area contributed by atoms with Crippen molar-refractivity contribution in [1.82, 2.24) is 0 Å². The second kappa shape index (κ2) is 35.4. The predicted octanol–water partition coefficient (Wildman–Crippen LogP) is 10.9. The van der Waals surface area contributed by atoms with Gasteiger partial charge in [0.05, 0.1) is 25.4 Å². The molecule has 11 heteroatoms. The van der Waals surface area contributed by atoms with E-state index < -0.39 is 32.5 Å². The second-order valence-electron chi connectivity index (χ2n) is 14.2. The third-order valence-corrected chi connectivity index (χ3v) is 10.1. The van der Waals surface area contributed by atoms with Gasteiger partial charge in [0.1, 0.15) is 6.61 Å². The van der Waals surface area contributed by atoms with Gasteiger partial charge in [-0.25, -0.2) is 4.57 Å². The van der Waals surface area contributed by atoms with Crippen LogP contribution in [0.5, 0.6) is 0 Å². The molecule has 1 aliphatic heterocycles. The molecule has 10 nitrogen and oxygen atoms in total. The van der Waals surface area contributed by atoms with Crippen LogP contribution >= 0.6 is 7.82 Å². The molecule has 0 aliphatic carbocycles. The predicted molar refractivity (Wildman–Crippen MR) is 219 cm³/mol. The number of carbonyl (C=O) groups excluding carboxylic acids is 2. The Kier molecular flexibility index (Phi) is 32.7. The monoisotopic (exact) mass is 782 g/mol. The highest BCUT2D eigenvalue weighted by Crippen LogP contribution is 2.43. The largest absolute Gasteiger partial charge is 0.472 e. The average molecular weight is 782 g/mol. The number of hydrogen-bond donors (Lipinski definition) is 2. The van der Waals surface area contributed by atoms with Gasteiger partial charge in [0.25, 0.3) is 0 Å². The zero-order valence-electron chi connectivity index (χ0n) is 33.9. The van der Waals surface area contributed by atoms with Gasteiger partial charge in [0.15, 0.2) is 6.10 Å². The summed E-state index contributed by atoms with van der Waals surface area (Å²) in [6.07, 6.45) is 41.7. The molecular formula is C43H76NO9P. The highest BCUT2D eigenvalue weighted by molar-refractivity contribution is 7.47. The molecule has 312 valence electrons. The summed E-state index contributed by atoms with van der Waals surface area (Å²) in [5, 5.41) is 0. The van der Waals surface area contributed by atoms with Gasteiger partial charge in [-0.3, -0.25) is 18.6 Å². The van der Waals surface area contributed by atoms with Crippen molar-refractivity contribution in [1.29, 1.82) is 0 Å². The van der Waals surface area contributed by atoms with Crippen molar-refractivity contribution in [3.8, 4) is 0 Å². The number of unbranched alkanes of at least 4 members (excludes halogenated alkanes) is 15. The van der Waals surface area contributed by atoms with Gasteiger partial charge in [0, 0.05) is 19.4 Å². The SMILES string of the molecule is CC/C=C\C/C=C\C/C=C\CC1OC1C/C=C\CCCC(=O)OC(COC(=O)CCCCCCCCCCCCCCCCC)COP(=O)(O)OCCN. The zero-order chi connectivity index (χ0) is 39.4. The fraction of sp³-hybridized carbons (Fsp3) is 0.767. The Bertz CT molecular complexity index is 1090. The Balaban J connectivity index is 2.24. The summed E-state index contributed by atoms with van der Waals surface area (Å²) in [7, 11) is -4.40. The van der Waals surface area contributed by atoms with Gasteiger partial charge in [-0.15, -0.1) is 0 Å². The normalized spacial score (nSPS) is 17.6. The highest BCUT2D eigenvalue weighted by Gasteiger charge is 2.36. The van der Waals surface area contributed by atoms with E-state index in [2.05, 4.69) is 56.4 Å².